The third-order valence-electron chi connectivity index (χ3n) is 4.09. The average molecular weight is 342 g/mol. The van der Waals surface area contributed by atoms with Gasteiger partial charge in [-0.2, -0.15) is 0 Å². The van der Waals surface area contributed by atoms with E-state index in [1.165, 1.54) is 5.56 Å². The Labute approximate surface area is 149 Å². The van der Waals surface area contributed by atoms with Crippen molar-refractivity contribution >= 4 is 6.03 Å². The highest BCUT2D eigenvalue weighted by Gasteiger charge is 2.13. The van der Waals surface area contributed by atoms with Crippen molar-refractivity contribution < 1.29 is 14.6 Å². The maximum atomic E-state index is 12.1. The molecule has 3 N–H and O–H groups in total. The molecule has 0 aromatic heterocycles. The van der Waals surface area contributed by atoms with Crippen LogP contribution in [-0.4, -0.2) is 30.8 Å². The number of benzene rings is 2. The molecule has 2 rings (SSSR count). The Morgan fingerprint density at radius 1 is 1.16 bits per heavy atom. The first-order chi connectivity index (χ1) is 12.1. The van der Waals surface area contributed by atoms with Gasteiger partial charge in [-0.3, -0.25) is 0 Å². The van der Waals surface area contributed by atoms with Gasteiger partial charge in [0.2, 0.25) is 0 Å². The Bertz CT molecular complexity index is 661. The number of methoxy groups -OCH3 is 1. The molecule has 2 unspecified atom stereocenters. The lowest BCUT2D eigenvalue weighted by atomic mass is 10.0. The zero-order valence-corrected chi connectivity index (χ0v) is 14.7. The first-order valence-electron chi connectivity index (χ1n) is 8.52. The topological polar surface area (TPSA) is 70.6 Å². The Morgan fingerprint density at radius 2 is 1.92 bits per heavy atom. The molecule has 5 nitrogen and oxygen atoms in total. The molecule has 0 aliphatic heterocycles. The first-order valence-corrected chi connectivity index (χ1v) is 8.52. The van der Waals surface area contributed by atoms with E-state index >= 15 is 0 Å². The van der Waals surface area contributed by atoms with Crippen molar-refractivity contribution in [3.8, 4) is 5.75 Å². The summed E-state index contributed by atoms with van der Waals surface area (Å²) in [5, 5.41) is 15.9. The van der Waals surface area contributed by atoms with Crippen molar-refractivity contribution in [2.75, 3.05) is 13.7 Å². The molecule has 0 aliphatic carbocycles. The highest BCUT2D eigenvalue weighted by molar-refractivity contribution is 5.74. The minimum absolute atomic E-state index is 0.0522. The molecule has 0 aliphatic rings. The van der Waals surface area contributed by atoms with Gasteiger partial charge in [-0.1, -0.05) is 49.4 Å². The summed E-state index contributed by atoms with van der Waals surface area (Å²) in [6.45, 7) is 2.18. The van der Waals surface area contributed by atoms with Gasteiger partial charge in [-0.25, -0.2) is 4.79 Å². The number of carbonyl (C=O) groups is 1. The second kappa shape index (κ2) is 9.69. The Kier molecular flexibility index (Phi) is 7.29. The summed E-state index contributed by atoms with van der Waals surface area (Å²) in [4.78, 5) is 12.1. The summed E-state index contributed by atoms with van der Waals surface area (Å²) >= 11 is 0. The van der Waals surface area contributed by atoms with Crippen molar-refractivity contribution in [1.29, 1.82) is 0 Å². The minimum Gasteiger partial charge on any atom is -0.497 e. The lowest BCUT2D eigenvalue weighted by molar-refractivity contribution is 0.172. The zero-order valence-electron chi connectivity index (χ0n) is 14.7. The molecule has 2 atom stereocenters. The Morgan fingerprint density at radius 3 is 2.60 bits per heavy atom. The van der Waals surface area contributed by atoms with Crippen molar-refractivity contribution in [2.45, 2.75) is 31.9 Å². The molecule has 0 bridgehead atoms. The molecule has 2 aromatic rings. The number of ether oxygens (including phenoxy) is 1. The van der Waals surface area contributed by atoms with E-state index < -0.39 is 6.10 Å². The largest absolute Gasteiger partial charge is 0.497 e. The molecule has 0 fully saturated rings. The summed E-state index contributed by atoms with van der Waals surface area (Å²) in [5.41, 5.74) is 1.89. The number of hydrogen-bond acceptors (Lipinski definition) is 3. The fourth-order valence-electron chi connectivity index (χ4n) is 2.59. The lowest BCUT2D eigenvalue weighted by Crippen LogP contribution is -2.44. The number of aliphatic hydroxyl groups excluding tert-OH is 1. The van der Waals surface area contributed by atoms with Gasteiger partial charge in [0.05, 0.1) is 13.2 Å². The van der Waals surface area contributed by atoms with Crippen LogP contribution in [0.2, 0.25) is 0 Å². The lowest BCUT2D eigenvalue weighted by Gasteiger charge is -2.19. The molecule has 0 spiro atoms. The first kappa shape index (κ1) is 18.8. The number of hydrogen-bond donors (Lipinski definition) is 3. The van der Waals surface area contributed by atoms with E-state index in [1.807, 2.05) is 37.3 Å². The second-order valence-electron chi connectivity index (χ2n) is 5.94. The van der Waals surface area contributed by atoms with Crippen molar-refractivity contribution in [1.82, 2.24) is 10.6 Å². The maximum absolute atomic E-state index is 12.1. The number of nitrogens with one attached hydrogen (secondary N) is 2. The Hall–Kier alpha value is -2.53. The van der Waals surface area contributed by atoms with Crippen LogP contribution in [0, 0.1) is 0 Å². The summed E-state index contributed by atoms with van der Waals surface area (Å²) < 4.78 is 5.14. The molecule has 2 amide bonds. The standard InChI is InChI=1S/C20H26N2O3/c1-3-17(12-15-8-5-4-6-9-15)22-20(24)21-14-19(23)16-10-7-11-18(13-16)25-2/h4-11,13,17,19,23H,3,12,14H2,1-2H3,(H2,21,22,24). The van der Waals surface area contributed by atoms with Crippen LogP contribution < -0.4 is 15.4 Å². The summed E-state index contributed by atoms with van der Waals surface area (Å²) in [6, 6.07) is 17.0. The molecule has 134 valence electrons. The van der Waals surface area contributed by atoms with E-state index in [1.54, 1.807) is 19.2 Å². The van der Waals surface area contributed by atoms with E-state index in [4.69, 9.17) is 4.74 Å². The molecule has 25 heavy (non-hydrogen) atoms. The van der Waals surface area contributed by atoms with E-state index in [0.717, 1.165) is 12.8 Å². The van der Waals surface area contributed by atoms with Gasteiger partial charge in [-0.15, -0.1) is 0 Å². The third-order valence-corrected chi connectivity index (χ3v) is 4.09. The van der Waals surface area contributed by atoms with E-state index in [0.29, 0.717) is 11.3 Å². The van der Waals surface area contributed by atoms with Gasteiger partial charge >= 0.3 is 6.03 Å². The molecule has 0 radical (unpaired) electrons. The highest BCUT2D eigenvalue weighted by Crippen LogP contribution is 2.18. The van der Waals surface area contributed by atoms with Crippen molar-refractivity contribution in [3.05, 3.63) is 65.7 Å². The predicted molar refractivity (Wildman–Crippen MR) is 98.7 cm³/mol. The number of aliphatic hydroxyl groups is 1. The Balaban J connectivity index is 1.82. The van der Waals surface area contributed by atoms with Gasteiger partial charge in [-0.05, 0) is 36.1 Å². The fraction of sp³-hybridized carbons (Fsp3) is 0.350. The van der Waals surface area contributed by atoms with Gasteiger partial charge in [0, 0.05) is 12.6 Å². The maximum Gasteiger partial charge on any atom is 0.315 e. The smallest absolute Gasteiger partial charge is 0.315 e. The average Bonchev–Trinajstić information content (AvgIpc) is 2.66. The number of urea groups is 1. The highest BCUT2D eigenvalue weighted by atomic mass is 16.5. The van der Waals surface area contributed by atoms with Crippen molar-refractivity contribution in [2.24, 2.45) is 0 Å². The monoisotopic (exact) mass is 342 g/mol. The van der Waals surface area contributed by atoms with Crippen LogP contribution in [0.3, 0.4) is 0 Å². The van der Waals surface area contributed by atoms with E-state index in [-0.39, 0.29) is 18.6 Å². The summed E-state index contributed by atoms with van der Waals surface area (Å²) in [7, 11) is 1.58. The van der Waals surface area contributed by atoms with Gasteiger partial charge in [0.1, 0.15) is 5.75 Å². The number of rotatable bonds is 8. The zero-order chi connectivity index (χ0) is 18.1. The molecule has 0 heterocycles. The summed E-state index contributed by atoms with van der Waals surface area (Å²) in [5.74, 6) is 0.676. The van der Waals surface area contributed by atoms with Crippen LogP contribution >= 0.6 is 0 Å². The quantitative estimate of drug-likeness (QED) is 0.690. The van der Waals surface area contributed by atoms with Crippen molar-refractivity contribution in [3.63, 3.8) is 0 Å². The van der Waals surface area contributed by atoms with E-state index in [9.17, 15) is 9.90 Å². The number of carbonyl (C=O) groups excluding carboxylic acids is 1. The molecular formula is C20H26N2O3. The molecule has 0 saturated carbocycles. The van der Waals surface area contributed by atoms with Crippen LogP contribution in [-0.2, 0) is 6.42 Å². The molecule has 0 saturated heterocycles. The van der Waals surface area contributed by atoms with Crippen LogP contribution in [0.4, 0.5) is 4.79 Å². The van der Waals surface area contributed by atoms with E-state index in [2.05, 4.69) is 22.8 Å². The normalized spacial score (nSPS) is 12.9. The van der Waals surface area contributed by atoms with Gasteiger partial charge < -0.3 is 20.5 Å². The fourth-order valence-corrected chi connectivity index (χ4v) is 2.59. The third kappa shape index (κ3) is 6.12. The molecular weight excluding hydrogens is 316 g/mol. The number of amides is 2. The molecule has 2 aromatic carbocycles. The summed E-state index contributed by atoms with van der Waals surface area (Å²) in [6.07, 6.45) is 0.833. The minimum atomic E-state index is -0.782. The van der Waals surface area contributed by atoms with Gasteiger partial charge in [0.25, 0.3) is 0 Å². The van der Waals surface area contributed by atoms with Crippen LogP contribution in [0.5, 0.6) is 5.75 Å². The van der Waals surface area contributed by atoms with Crippen LogP contribution in [0.15, 0.2) is 54.6 Å². The van der Waals surface area contributed by atoms with Crippen LogP contribution in [0.25, 0.3) is 0 Å². The SMILES string of the molecule is CCC(Cc1ccccc1)NC(=O)NCC(O)c1cccc(OC)c1. The molecule has 5 heteroatoms. The van der Waals surface area contributed by atoms with Crippen LogP contribution in [0.1, 0.15) is 30.6 Å². The second-order valence-corrected chi connectivity index (χ2v) is 5.94. The predicted octanol–water partition coefficient (Wildman–Crippen LogP) is 3.05. The van der Waals surface area contributed by atoms with Gasteiger partial charge in [0.15, 0.2) is 0 Å².